The number of benzene rings is 2. The molecule has 0 heterocycles. The number of carbonyl (C=O) groups excluding carboxylic acids is 2. The van der Waals surface area contributed by atoms with Gasteiger partial charge in [-0.05, 0) is 35.9 Å². The molecule has 0 aromatic heterocycles. The predicted molar refractivity (Wildman–Crippen MR) is 81.5 cm³/mol. The summed E-state index contributed by atoms with van der Waals surface area (Å²) in [6.07, 6.45) is 3.67. The molecule has 0 fully saturated rings. The summed E-state index contributed by atoms with van der Waals surface area (Å²) in [7, 11) is -4.26. The molecule has 6 heteroatoms. The van der Waals surface area contributed by atoms with Crippen molar-refractivity contribution in [3.63, 3.8) is 0 Å². The van der Waals surface area contributed by atoms with Crippen LogP contribution in [0.15, 0.2) is 59.5 Å². The topological polar surface area (TPSA) is 88.5 Å². The van der Waals surface area contributed by atoms with E-state index < -0.39 is 10.1 Å². The molecule has 0 spiro atoms. The lowest BCUT2D eigenvalue weighted by molar-refractivity contribution is 0.104. The number of aldehydes is 1. The van der Waals surface area contributed by atoms with Crippen LogP contribution in [-0.4, -0.2) is 25.0 Å². The second kappa shape index (κ2) is 6.46. The minimum atomic E-state index is -4.26. The van der Waals surface area contributed by atoms with Crippen molar-refractivity contribution >= 4 is 28.3 Å². The Kier molecular flexibility index (Phi) is 4.65. The Bertz CT molecular complexity index is 816. The summed E-state index contributed by atoms with van der Waals surface area (Å²) >= 11 is 0. The predicted octanol–water partition coefficient (Wildman–Crippen LogP) is 2.64. The van der Waals surface area contributed by atoms with Crippen molar-refractivity contribution in [2.75, 3.05) is 0 Å². The Balaban J connectivity index is 2.14. The van der Waals surface area contributed by atoms with Crippen molar-refractivity contribution in [2.45, 2.75) is 4.90 Å². The molecule has 0 aliphatic carbocycles. The first kappa shape index (κ1) is 15.8. The lowest BCUT2D eigenvalue weighted by Crippen LogP contribution is -2.00. The molecule has 0 saturated carbocycles. The molecule has 2 rings (SSSR count). The van der Waals surface area contributed by atoms with E-state index in [9.17, 15) is 18.0 Å². The average molecular weight is 316 g/mol. The van der Waals surface area contributed by atoms with E-state index >= 15 is 0 Å². The first-order valence-corrected chi connectivity index (χ1v) is 7.69. The highest BCUT2D eigenvalue weighted by atomic mass is 32.2. The van der Waals surface area contributed by atoms with Crippen LogP contribution in [0.25, 0.3) is 6.08 Å². The van der Waals surface area contributed by atoms with E-state index in [1.807, 2.05) is 0 Å². The Morgan fingerprint density at radius 1 is 0.909 bits per heavy atom. The largest absolute Gasteiger partial charge is 0.298 e. The van der Waals surface area contributed by atoms with Crippen LogP contribution in [0, 0.1) is 0 Å². The van der Waals surface area contributed by atoms with Gasteiger partial charge in [-0.1, -0.05) is 30.3 Å². The van der Waals surface area contributed by atoms with Gasteiger partial charge in [0.05, 0.1) is 4.90 Å². The van der Waals surface area contributed by atoms with E-state index in [0.717, 1.165) is 24.0 Å². The summed E-state index contributed by atoms with van der Waals surface area (Å²) in [5.41, 5.74) is 1.60. The van der Waals surface area contributed by atoms with Gasteiger partial charge in [0.25, 0.3) is 10.1 Å². The van der Waals surface area contributed by atoms with Gasteiger partial charge in [-0.3, -0.25) is 14.1 Å². The molecular weight excluding hydrogens is 304 g/mol. The third-order valence-electron chi connectivity index (χ3n) is 2.94. The van der Waals surface area contributed by atoms with Gasteiger partial charge >= 0.3 is 0 Å². The number of ketones is 1. The SMILES string of the molecule is O=Cc1ccc(/C=C/C(=O)c2ccc(S(=O)(=O)O)cc2)cc1. The van der Waals surface area contributed by atoms with Crippen LogP contribution in [0.1, 0.15) is 26.3 Å². The van der Waals surface area contributed by atoms with Crippen LogP contribution in [0.5, 0.6) is 0 Å². The third kappa shape index (κ3) is 3.97. The molecular formula is C16H12O5S. The lowest BCUT2D eigenvalue weighted by atomic mass is 10.1. The normalized spacial score (nSPS) is 11.5. The van der Waals surface area contributed by atoms with E-state index in [0.29, 0.717) is 11.1 Å². The maximum absolute atomic E-state index is 11.9. The summed E-state index contributed by atoms with van der Waals surface area (Å²) in [5, 5.41) is 0. The molecule has 112 valence electrons. The van der Waals surface area contributed by atoms with Gasteiger partial charge < -0.3 is 0 Å². The van der Waals surface area contributed by atoms with Crippen LogP contribution >= 0.6 is 0 Å². The van der Waals surface area contributed by atoms with Crippen LogP contribution in [0.2, 0.25) is 0 Å². The minimum Gasteiger partial charge on any atom is -0.298 e. The molecule has 0 unspecified atom stereocenters. The van der Waals surface area contributed by atoms with Crippen LogP contribution < -0.4 is 0 Å². The molecule has 0 radical (unpaired) electrons. The average Bonchev–Trinajstić information content (AvgIpc) is 2.52. The van der Waals surface area contributed by atoms with Gasteiger partial charge in [0, 0.05) is 11.1 Å². The molecule has 0 aliphatic heterocycles. The zero-order valence-corrected chi connectivity index (χ0v) is 12.2. The van der Waals surface area contributed by atoms with Crippen LogP contribution in [0.4, 0.5) is 0 Å². The Hall–Kier alpha value is -2.57. The van der Waals surface area contributed by atoms with E-state index in [-0.39, 0.29) is 10.7 Å². The zero-order chi connectivity index (χ0) is 16.2. The quantitative estimate of drug-likeness (QED) is 0.396. The number of hydrogen-bond acceptors (Lipinski definition) is 4. The second-order valence-corrected chi connectivity index (χ2v) is 5.90. The fourth-order valence-electron chi connectivity index (χ4n) is 1.74. The summed E-state index contributed by atoms with van der Waals surface area (Å²) in [6.45, 7) is 0. The van der Waals surface area contributed by atoms with Crippen molar-refractivity contribution in [3.05, 3.63) is 71.3 Å². The molecule has 0 saturated heterocycles. The van der Waals surface area contributed by atoms with Crippen molar-refractivity contribution in [1.82, 2.24) is 0 Å². The Morgan fingerprint density at radius 3 is 1.95 bits per heavy atom. The number of hydrogen-bond donors (Lipinski definition) is 1. The van der Waals surface area contributed by atoms with Crippen molar-refractivity contribution in [3.8, 4) is 0 Å². The van der Waals surface area contributed by atoms with Crippen LogP contribution in [0.3, 0.4) is 0 Å². The monoisotopic (exact) mass is 316 g/mol. The van der Waals surface area contributed by atoms with Gasteiger partial charge in [-0.25, -0.2) is 0 Å². The molecule has 0 amide bonds. The molecule has 2 aromatic rings. The lowest BCUT2D eigenvalue weighted by Gasteiger charge is -1.99. The van der Waals surface area contributed by atoms with Crippen molar-refractivity contribution in [2.24, 2.45) is 0 Å². The number of allylic oxidation sites excluding steroid dienone is 1. The van der Waals surface area contributed by atoms with E-state index in [2.05, 4.69) is 0 Å². The third-order valence-corrected chi connectivity index (χ3v) is 3.80. The van der Waals surface area contributed by atoms with Gasteiger partial charge in [-0.2, -0.15) is 8.42 Å². The first-order valence-electron chi connectivity index (χ1n) is 6.25. The Labute approximate surface area is 127 Å². The first-order chi connectivity index (χ1) is 10.4. The summed E-state index contributed by atoms with van der Waals surface area (Å²) < 4.78 is 30.7. The summed E-state index contributed by atoms with van der Waals surface area (Å²) in [4.78, 5) is 22.2. The van der Waals surface area contributed by atoms with Gasteiger partial charge in [0.15, 0.2) is 5.78 Å². The fraction of sp³-hybridized carbons (Fsp3) is 0. The van der Waals surface area contributed by atoms with Gasteiger partial charge in [0.1, 0.15) is 6.29 Å². The molecule has 0 atom stereocenters. The minimum absolute atomic E-state index is 0.266. The molecule has 0 aliphatic rings. The molecule has 2 aromatic carbocycles. The van der Waals surface area contributed by atoms with Crippen molar-refractivity contribution in [1.29, 1.82) is 0 Å². The highest BCUT2D eigenvalue weighted by molar-refractivity contribution is 7.85. The summed E-state index contributed by atoms with van der Waals surface area (Å²) in [5.74, 6) is -0.304. The number of rotatable bonds is 5. The van der Waals surface area contributed by atoms with E-state index in [4.69, 9.17) is 4.55 Å². The van der Waals surface area contributed by atoms with Gasteiger partial charge in [-0.15, -0.1) is 0 Å². The van der Waals surface area contributed by atoms with Crippen LogP contribution in [-0.2, 0) is 10.1 Å². The second-order valence-electron chi connectivity index (χ2n) is 4.48. The van der Waals surface area contributed by atoms with E-state index in [1.165, 1.54) is 18.2 Å². The molecule has 0 bridgehead atoms. The van der Waals surface area contributed by atoms with Crippen molar-refractivity contribution < 1.29 is 22.6 Å². The standard InChI is InChI=1S/C16H12O5S/c17-11-13-3-1-12(2-4-13)5-10-16(18)14-6-8-15(9-7-14)22(19,20)21/h1-11H,(H,19,20,21)/b10-5+. The number of carbonyl (C=O) groups is 2. The highest BCUT2D eigenvalue weighted by Crippen LogP contribution is 2.12. The molecule has 1 N–H and O–H groups in total. The van der Waals surface area contributed by atoms with E-state index in [1.54, 1.807) is 30.3 Å². The maximum Gasteiger partial charge on any atom is 0.294 e. The van der Waals surface area contributed by atoms with Gasteiger partial charge in [0.2, 0.25) is 0 Å². The highest BCUT2D eigenvalue weighted by Gasteiger charge is 2.10. The molecule has 5 nitrogen and oxygen atoms in total. The fourth-order valence-corrected chi connectivity index (χ4v) is 2.23. The summed E-state index contributed by atoms with van der Waals surface area (Å²) in [6, 6.07) is 11.7. The smallest absolute Gasteiger partial charge is 0.294 e. The maximum atomic E-state index is 11.9. The zero-order valence-electron chi connectivity index (χ0n) is 11.3. The Morgan fingerprint density at radius 2 is 1.45 bits per heavy atom. The molecule has 22 heavy (non-hydrogen) atoms.